The van der Waals surface area contributed by atoms with Gasteiger partial charge in [-0.2, -0.15) is 0 Å². The van der Waals surface area contributed by atoms with E-state index >= 15 is 0 Å². The molecule has 0 amide bonds. The fourth-order valence-corrected chi connectivity index (χ4v) is 4.65. The SMILES string of the molecule is Clc1cccc(/N=C2\SCCN2C2CCCCCCC2)c1Cl. The van der Waals surface area contributed by atoms with Crippen molar-refractivity contribution in [2.45, 2.75) is 51.0 Å². The number of hydrogen-bond acceptors (Lipinski definition) is 2. The summed E-state index contributed by atoms with van der Waals surface area (Å²) in [7, 11) is 0. The number of amidine groups is 1. The summed E-state index contributed by atoms with van der Waals surface area (Å²) in [6, 6.07) is 6.30. The van der Waals surface area contributed by atoms with Gasteiger partial charge in [-0.05, 0) is 25.0 Å². The van der Waals surface area contributed by atoms with Crippen LogP contribution in [-0.4, -0.2) is 28.4 Å². The third-order valence-corrected chi connectivity index (χ3v) is 6.25. The maximum atomic E-state index is 6.29. The molecule has 0 spiro atoms. The largest absolute Gasteiger partial charge is 0.347 e. The number of hydrogen-bond donors (Lipinski definition) is 0. The molecule has 0 bridgehead atoms. The lowest BCUT2D eigenvalue weighted by Crippen LogP contribution is -2.36. The van der Waals surface area contributed by atoms with Gasteiger partial charge in [-0.25, -0.2) is 4.99 Å². The van der Waals surface area contributed by atoms with E-state index in [-0.39, 0.29) is 0 Å². The first-order valence-corrected chi connectivity index (χ1v) is 9.92. The molecular weight excluding hydrogens is 335 g/mol. The number of halogens is 2. The molecular formula is C17H22Cl2N2S. The van der Waals surface area contributed by atoms with Crippen LogP contribution in [0.4, 0.5) is 5.69 Å². The Hall–Kier alpha value is -0.380. The molecule has 0 aromatic heterocycles. The van der Waals surface area contributed by atoms with Gasteiger partial charge < -0.3 is 4.90 Å². The number of nitrogens with zero attached hydrogens (tertiary/aromatic N) is 2. The monoisotopic (exact) mass is 356 g/mol. The van der Waals surface area contributed by atoms with Crippen molar-refractivity contribution in [3.63, 3.8) is 0 Å². The molecule has 1 heterocycles. The van der Waals surface area contributed by atoms with Crippen molar-refractivity contribution < 1.29 is 0 Å². The van der Waals surface area contributed by atoms with Gasteiger partial charge in [0.25, 0.3) is 0 Å². The van der Waals surface area contributed by atoms with Crippen LogP contribution in [0, 0.1) is 0 Å². The highest BCUT2D eigenvalue weighted by atomic mass is 35.5. The zero-order chi connectivity index (χ0) is 15.4. The van der Waals surface area contributed by atoms with Crippen LogP contribution < -0.4 is 0 Å². The third-order valence-electron chi connectivity index (χ3n) is 4.47. The number of aliphatic imine (C=N–C) groups is 1. The minimum atomic E-state index is 0.557. The molecule has 2 fully saturated rings. The summed E-state index contributed by atoms with van der Waals surface area (Å²) in [5.41, 5.74) is 0.786. The predicted molar refractivity (Wildman–Crippen MR) is 98.8 cm³/mol. The summed E-state index contributed by atoms with van der Waals surface area (Å²) in [5.74, 6) is 1.12. The van der Waals surface area contributed by atoms with Gasteiger partial charge in [-0.15, -0.1) is 0 Å². The van der Waals surface area contributed by atoms with Crippen LogP contribution in [0.2, 0.25) is 10.0 Å². The van der Waals surface area contributed by atoms with E-state index in [0.717, 1.165) is 23.2 Å². The van der Waals surface area contributed by atoms with Crippen molar-refractivity contribution in [1.82, 2.24) is 4.90 Å². The normalized spacial score (nSPS) is 22.8. The molecule has 120 valence electrons. The van der Waals surface area contributed by atoms with Gasteiger partial charge in [0.2, 0.25) is 0 Å². The summed E-state index contributed by atoms with van der Waals surface area (Å²) in [4.78, 5) is 7.33. The zero-order valence-corrected chi connectivity index (χ0v) is 15.1. The van der Waals surface area contributed by atoms with E-state index in [1.165, 1.54) is 44.9 Å². The number of thioether (sulfide) groups is 1. The maximum Gasteiger partial charge on any atom is 0.164 e. The maximum absolute atomic E-state index is 6.29. The summed E-state index contributed by atoms with van der Waals surface area (Å²) >= 11 is 14.2. The lowest BCUT2D eigenvalue weighted by atomic mass is 9.96. The molecule has 0 unspecified atom stereocenters. The second-order valence-electron chi connectivity index (χ2n) is 6.01. The van der Waals surface area contributed by atoms with Crippen LogP contribution >= 0.6 is 35.0 Å². The van der Waals surface area contributed by atoms with Gasteiger partial charge in [0.1, 0.15) is 0 Å². The molecule has 0 atom stereocenters. The molecule has 1 aliphatic heterocycles. The fourth-order valence-electron chi connectivity index (χ4n) is 3.28. The van der Waals surface area contributed by atoms with Gasteiger partial charge in [-0.3, -0.25) is 0 Å². The van der Waals surface area contributed by atoms with Gasteiger partial charge in [-0.1, -0.05) is 73.1 Å². The van der Waals surface area contributed by atoms with Crippen molar-refractivity contribution in [3.05, 3.63) is 28.2 Å². The summed E-state index contributed by atoms with van der Waals surface area (Å²) in [6.07, 6.45) is 9.44. The molecule has 0 radical (unpaired) electrons. The van der Waals surface area contributed by atoms with Crippen molar-refractivity contribution in [2.24, 2.45) is 4.99 Å². The van der Waals surface area contributed by atoms with E-state index in [1.807, 2.05) is 30.0 Å². The summed E-state index contributed by atoms with van der Waals surface area (Å²) < 4.78 is 0. The molecule has 1 saturated carbocycles. The van der Waals surface area contributed by atoms with Crippen LogP contribution in [-0.2, 0) is 0 Å². The van der Waals surface area contributed by atoms with Crippen LogP contribution in [0.25, 0.3) is 0 Å². The van der Waals surface area contributed by atoms with Crippen LogP contribution in [0.15, 0.2) is 23.2 Å². The summed E-state index contributed by atoms with van der Waals surface area (Å²) in [5, 5.41) is 2.25. The molecule has 2 aliphatic rings. The van der Waals surface area contributed by atoms with Crippen molar-refractivity contribution in [2.75, 3.05) is 12.3 Å². The Morgan fingerprint density at radius 2 is 1.77 bits per heavy atom. The number of rotatable bonds is 2. The Morgan fingerprint density at radius 3 is 2.55 bits per heavy atom. The van der Waals surface area contributed by atoms with Gasteiger partial charge in [0.15, 0.2) is 5.17 Å². The van der Waals surface area contributed by atoms with Crippen molar-refractivity contribution >= 4 is 45.8 Å². The Labute approximate surface area is 147 Å². The van der Waals surface area contributed by atoms with Crippen LogP contribution in [0.3, 0.4) is 0 Å². The molecule has 1 aliphatic carbocycles. The first kappa shape index (κ1) is 16.5. The van der Waals surface area contributed by atoms with Gasteiger partial charge in [0, 0.05) is 18.3 Å². The second-order valence-corrected chi connectivity index (χ2v) is 7.86. The van der Waals surface area contributed by atoms with E-state index < -0.39 is 0 Å². The molecule has 5 heteroatoms. The van der Waals surface area contributed by atoms with Gasteiger partial charge >= 0.3 is 0 Å². The van der Waals surface area contributed by atoms with E-state index in [4.69, 9.17) is 28.2 Å². The Balaban J connectivity index is 1.79. The zero-order valence-electron chi connectivity index (χ0n) is 12.7. The van der Waals surface area contributed by atoms with Crippen molar-refractivity contribution in [3.8, 4) is 0 Å². The highest BCUT2D eigenvalue weighted by molar-refractivity contribution is 8.14. The minimum Gasteiger partial charge on any atom is -0.347 e. The quantitative estimate of drug-likeness (QED) is 0.631. The lowest BCUT2D eigenvalue weighted by Gasteiger charge is -2.30. The Morgan fingerprint density at radius 1 is 1.05 bits per heavy atom. The van der Waals surface area contributed by atoms with Crippen molar-refractivity contribution in [1.29, 1.82) is 0 Å². The smallest absolute Gasteiger partial charge is 0.164 e. The fraction of sp³-hybridized carbons (Fsp3) is 0.588. The highest BCUT2D eigenvalue weighted by Gasteiger charge is 2.27. The standard InChI is InChI=1S/C17H22Cl2N2S/c18-14-9-6-10-15(16(14)19)20-17-21(11-12-22-17)13-7-4-2-1-3-5-8-13/h6,9-10,13H,1-5,7-8,11-12H2/b20-17-. The second kappa shape index (κ2) is 7.94. The van der Waals surface area contributed by atoms with Gasteiger partial charge in [0.05, 0.1) is 15.7 Å². The third kappa shape index (κ3) is 3.93. The van der Waals surface area contributed by atoms with E-state index in [0.29, 0.717) is 16.1 Å². The first-order valence-electron chi connectivity index (χ1n) is 8.18. The molecule has 22 heavy (non-hydrogen) atoms. The average molecular weight is 357 g/mol. The Kier molecular flexibility index (Phi) is 5.95. The molecule has 1 aromatic rings. The average Bonchev–Trinajstić information content (AvgIpc) is 2.92. The van der Waals surface area contributed by atoms with E-state index in [9.17, 15) is 0 Å². The first-order chi connectivity index (χ1) is 10.8. The van der Waals surface area contributed by atoms with E-state index in [2.05, 4.69) is 4.90 Å². The minimum absolute atomic E-state index is 0.557. The van der Waals surface area contributed by atoms with Crippen LogP contribution in [0.1, 0.15) is 44.9 Å². The Bertz CT molecular complexity index is 539. The molecule has 3 rings (SSSR count). The van der Waals surface area contributed by atoms with E-state index in [1.54, 1.807) is 0 Å². The highest BCUT2D eigenvalue weighted by Crippen LogP contribution is 2.35. The molecule has 2 nitrogen and oxygen atoms in total. The predicted octanol–water partition coefficient (Wildman–Crippen LogP) is 6.14. The number of benzene rings is 1. The summed E-state index contributed by atoms with van der Waals surface area (Å²) in [6.45, 7) is 1.10. The molecule has 1 aromatic carbocycles. The molecule has 1 saturated heterocycles. The lowest BCUT2D eigenvalue weighted by molar-refractivity contribution is 0.276. The van der Waals surface area contributed by atoms with Crippen LogP contribution in [0.5, 0.6) is 0 Å². The topological polar surface area (TPSA) is 15.6 Å². The molecule has 0 N–H and O–H groups in total.